The zero-order chi connectivity index (χ0) is 22.5. The molecule has 4 rings (SSSR count). The monoisotopic (exact) mass is 433 g/mol. The fourth-order valence-electron chi connectivity index (χ4n) is 4.13. The van der Waals surface area contributed by atoms with Gasteiger partial charge in [0.15, 0.2) is 5.78 Å². The van der Waals surface area contributed by atoms with Gasteiger partial charge in [0, 0.05) is 45.5 Å². The highest BCUT2D eigenvalue weighted by Gasteiger charge is 2.19. The van der Waals surface area contributed by atoms with Crippen LogP contribution >= 0.6 is 0 Å². The Morgan fingerprint density at radius 2 is 1.94 bits per heavy atom. The van der Waals surface area contributed by atoms with Crippen LogP contribution in [0.1, 0.15) is 24.0 Å². The maximum Gasteiger partial charge on any atom is 0.170 e. The predicted octanol–water partition coefficient (Wildman–Crippen LogP) is 3.45. The van der Waals surface area contributed by atoms with Crippen molar-refractivity contribution < 1.29 is 14.6 Å². The molecule has 0 saturated heterocycles. The Bertz CT molecular complexity index is 1080. The fraction of sp³-hybridized carbons (Fsp3) is 0.385. The number of ether oxygens (including phenoxy) is 1. The van der Waals surface area contributed by atoms with E-state index in [1.54, 1.807) is 0 Å². The molecule has 1 aliphatic heterocycles. The number of aromatic nitrogens is 1. The largest absolute Gasteiger partial charge is 0.484 e. The van der Waals surface area contributed by atoms with E-state index in [0.29, 0.717) is 25.1 Å². The van der Waals surface area contributed by atoms with Crippen LogP contribution in [0.5, 0.6) is 5.75 Å². The standard InChI is InChI=1S/C26H31N3O3/c1-28(2)25-13-10-20-8-5-9-24(26(20)27-25)32-18-23(31)12-11-22(30)17-29-15-14-19-6-3-4-7-21(19)16-29/h3-10,13,22,30H,11-12,14-18H2,1-2H3. The molecule has 0 aliphatic carbocycles. The number of carbonyl (C=O) groups excluding carboxylic acids is 1. The molecule has 1 atom stereocenters. The summed E-state index contributed by atoms with van der Waals surface area (Å²) in [6.45, 7) is 2.36. The van der Waals surface area contributed by atoms with Gasteiger partial charge < -0.3 is 14.7 Å². The Morgan fingerprint density at radius 1 is 1.12 bits per heavy atom. The minimum Gasteiger partial charge on any atom is -0.484 e. The van der Waals surface area contributed by atoms with Gasteiger partial charge in [0.25, 0.3) is 0 Å². The Kier molecular flexibility index (Phi) is 7.02. The van der Waals surface area contributed by atoms with Gasteiger partial charge >= 0.3 is 0 Å². The van der Waals surface area contributed by atoms with E-state index in [4.69, 9.17) is 4.74 Å². The molecule has 0 amide bonds. The number of aliphatic hydroxyl groups excluding tert-OH is 1. The summed E-state index contributed by atoms with van der Waals surface area (Å²) in [6.07, 6.45) is 1.22. The van der Waals surface area contributed by atoms with Crippen molar-refractivity contribution in [1.82, 2.24) is 9.88 Å². The summed E-state index contributed by atoms with van der Waals surface area (Å²) in [4.78, 5) is 21.3. The SMILES string of the molecule is CN(C)c1ccc2cccc(OCC(=O)CCC(O)CN3CCc4ccccc4C3)c2n1. The van der Waals surface area contributed by atoms with E-state index < -0.39 is 6.10 Å². The molecule has 0 bridgehead atoms. The third kappa shape index (κ3) is 5.44. The number of nitrogens with zero attached hydrogens (tertiary/aromatic N) is 3. The van der Waals surface area contributed by atoms with E-state index in [9.17, 15) is 9.90 Å². The molecule has 1 aromatic heterocycles. The van der Waals surface area contributed by atoms with Crippen molar-refractivity contribution in [2.45, 2.75) is 31.9 Å². The Hall–Kier alpha value is -2.96. The second-order valence-corrected chi connectivity index (χ2v) is 8.67. The topological polar surface area (TPSA) is 65.9 Å². The van der Waals surface area contributed by atoms with Gasteiger partial charge in [0.2, 0.25) is 0 Å². The molecular weight excluding hydrogens is 402 g/mol. The molecule has 168 valence electrons. The van der Waals surface area contributed by atoms with Crippen molar-refractivity contribution in [1.29, 1.82) is 0 Å². The number of anilines is 1. The van der Waals surface area contributed by atoms with Gasteiger partial charge in [0.05, 0.1) is 6.10 Å². The number of Topliss-reactive ketones (excluding diaryl/α,β-unsaturated/α-hetero) is 1. The number of rotatable bonds is 9. The molecule has 1 N–H and O–H groups in total. The first-order valence-corrected chi connectivity index (χ1v) is 11.2. The van der Waals surface area contributed by atoms with E-state index in [0.717, 1.165) is 36.2 Å². The molecule has 2 heterocycles. The summed E-state index contributed by atoms with van der Waals surface area (Å²) in [5.41, 5.74) is 3.47. The number of para-hydroxylation sites is 1. The summed E-state index contributed by atoms with van der Waals surface area (Å²) < 4.78 is 5.81. The molecule has 1 aliphatic rings. The van der Waals surface area contributed by atoms with Crippen LogP contribution in [-0.4, -0.2) is 60.7 Å². The summed E-state index contributed by atoms with van der Waals surface area (Å²) >= 11 is 0. The summed E-state index contributed by atoms with van der Waals surface area (Å²) in [7, 11) is 3.88. The molecule has 0 fully saturated rings. The van der Waals surface area contributed by atoms with Gasteiger partial charge in [-0.2, -0.15) is 0 Å². The molecule has 3 aromatic rings. The predicted molar refractivity (Wildman–Crippen MR) is 127 cm³/mol. The first kappa shape index (κ1) is 22.2. The number of pyridine rings is 1. The van der Waals surface area contributed by atoms with Gasteiger partial charge in [0.1, 0.15) is 23.7 Å². The molecule has 0 saturated carbocycles. The van der Waals surface area contributed by atoms with Crippen LogP contribution in [0.2, 0.25) is 0 Å². The van der Waals surface area contributed by atoms with Crippen LogP contribution in [-0.2, 0) is 17.8 Å². The molecule has 6 nitrogen and oxygen atoms in total. The number of benzene rings is 2. The summed E-state index contributed by atoms with van der Waals surface area (Å²) in [5.74, 6) is 1.42. The lowest BCUT2D eigenvalue weighted by atomic mass is 9.99. The van der Waals surface area contributed by atoms with Gasteiger partial charge in [-0.1, -0.05) is 36.4 Å². The maximum atomic E-state index is 12.4. The van der Waals surface area contributed by atoms with Gasteiger partial charge in [-0.05, 0) is 42.2 Å². The second-order valence-electron chi connectivity index (χ2n) is 8.67. The van der Waals surface area contributed by atoms with Gasteiger partial charge in [-0.15, -0.1) is 0 Å². The zero-order valence-corrected chi connectivity index (χ0v) is 18.8. The Balaban J connectivity index is 1.26. The molecule has 0 radical (unpaired) electrons. The van der Waals surface area contributed by atoms with Crippen molar-refractivity contribution in [2.24, 2.45) is 0 Å². The molecule has 0 spiro atoms. The third-order valence-corrected chi connectivity index (χ3v) is 5.95. The van der Waals surface area contributed by atoms with Crippen LogP contribution in [0.4, 0.5) is 5.82 Å². The maximum absolute atomic E-state index is 12.4. The highest BCUT2D eigenvalue weighted by molar-refractivity contribution is 5.86. The van der Waals surface area contributed by atoms with E-state index in [1.165, 1.54) is 11.1 Å². The Morgan fingerprint density at radius 3 is 2.75 bits per heavy atom. The number of carbonyl (C=O) groups is 1. The summed E-state index contributed by atoms with van der Waals surface area (Å²) in [6, 6.07) is 18.1. The van der Waals surface area contributed by atoms with Crippen molar-refractivity contribution in [3.8, 4) is 5.75 Å². The number of ketones is 1. The van der Waals surface area contributed by atoms with Crippen LogP contribution < -0.4 is 9.64 Å². The van der Waals surface area contributed by atoms with E-state index >= 15 is 0 Å². The number of hydrogen-bond donors (Lipinski definition) is 1. The van der Waals surface area contributed by atoms with Crippen molar-refractivity contribution >= 4 is 22.5 Å². The fourth-order valence-corrected chi connectivity index (χ4v) is 4.13. The lowest BCUT2D eigenvalue weighted by Crippen LogP contribution is -2.36. The van der Waals surface area contributed by atoms with E-state index in [-0.39, 0.29) is 12.4 Å². The smallest absolute Gasteiger partial charge is 0.170 e. The zero-order valence-electron chi connectivity index (χ0n) is 18.8. The number of fused-ring (bicyclic) bond motifs is 2. The lowest BCUT2D eigenvalue weighted by Gasteiger charge is -2.30. The van der Waals surface area contributed by atoms with E-state index in [1.807, 2.05) is 49.3 Å². The molecule has 32 heavy (non-hydrogen) atoms. The highest BCUT2D eigenvalue weighted by Crippen LogP contribution is 2.26. The third-order valence-electron chi connectivity index (χ3n) is 5.95. The first-order valence-electron chi connectivity index (χ1n) is 11.2. The van der Waals surface area contributed by atoms with Crippen LogP contribution in [0, 0.1) is 0 Å². The van der Waals surface area contributed by atoms with Gasteiger partial charge in [-0.25, -0.2) is 4.98 Å². The van der Waals surface area contributed by atoms with Crippen LogP contribution in [0.15, 0.2) is 54.6 Å². The lowest BCUT2D eigenvalue weighted by molar-refractivity contribution is -0.121. The number of aliphatic hydroxyl groups is 1. The van der Waals surface area contributed by atoms with Crippen LogP contribution in [0.3, 0.4) is 0 Å². The molecule has 6 heteroatoms. The number of β-amino-alcohol motifs (C(OH)–C–C–N with tert-alkyl or cyclic N) is 1. The summed E-state index contributed by atoms with van der Waals surface area (Å²) in [5, 5.41) is 11.4. The molecular formula is C26H31N3O3. The normalized spacial score (nSPS) is 14.7. The quantitative estimate of drug-likeness (QED) is 0.558. The average molecular weight is 434 g/mol. The molecule has 1 unspecified atom stereocenters. The minimum absolute atomic E-state index is 0.0171. The number of hydrogen-bond acceptors (Lipinski definition) is 6. The van der Waals surface area contributed by atoms with Crippen LogP contribution in [0.25, 0.3) is 10.9 Å². The van der Waals surface area contributed by atoms with Crippen molar-refractivity contribution in [3.63, 3.8) is 0 Å². The molecule has 2 aromatic carbocycles. The van der Waals surface area contributed by atoms with Crippen molar-refractivity contribution in [3.05, 3.63) is 65.7 Å². The van der Waals surface area contributed by atoms with E-state index in [2.05, 4.69) is 34.1 Å². The van der Waals surface area contributed by atoms with Gasteiger partial charge in [-0.3, -0.25) is 9.69 Å². The first-order chi connectivity index (χ1) is 15.5. The second kappa shape index (κ2) is 10.1. The van der Waals surface area contributed by atoms with Crippen molar-refractivity contribution in [2.75, 3.05) is 38.7 Å². The Labute approximate surface area is 189 Å². The highest BCUT2D eigenvalue weighted by atomic mass is 16.5. The minimum atomic E-state index is -0.522. The average Bonchev–Trinajstić information content (AvgIpc) is 2.81.